The van der Waals surface area contributed by atoms with Crippen LogP contribution in [0.3, 0.4) is 0 Å². The van der Waals surface area contributed by atoms with Crippen LogP contribution in [0.15, 0.2) is 48.8 Å². The molecule has 0 atom stereocenters. The van der Waals surface area contributed by atoms with E-state index in [1.165, 1.54) is 0 Å². The Balaban J connectivity index is 1.77. The number of aromatic nitrogens is 1. The maximum atomic E-state index is 12.1. The first-order chi connectivity index (χ1) is 10.2. The predicted molar refractivity (Wildman–Crippen MR) is 79.4 cm³/mol. The molecule has 6 nitrogen and oxygen atoms in total. The Morgan fingerprint density at radius 3 is 2.76 bits per heavy atom. The Hall–Kier alpha value is -2.89. The first-order valence-electron chi connectivity index (χ1n) is 6.61. The van der Waals surface area contributed by atoms with Crippen molar-refractivity contribution in [2.24, 2.45) is 0 Å². The SMILES string of the molecule is O=C(Nc1cccc(N2CCNC2=O)c1)c1ccncc1. The van der Waals surface area contributed by atoms with Crippen LogP contribution in [0.25, 0.3) is 0 Å². The molecule has 1 aliphatic heterocycles. The minimum atomic E-state index is -0.208. The van der Waals surface area contributed by atoms with Gasteiger partial charge < -0.3 is 10.6 Å². The van der Waals surface area contributed by atoms with Crippen LogP contribution < -0.4 is 15.5 Å². The van der Waals surface area contributed by atoms with Crippen molar-refractivity contribution in [3.63, 3.8) is 0 Å². The quantitative estimate of drug-likeness (QED) is 0.902. The minimum absolute atomic E-state index is 0.118. The molecule has 1 fully saturated rings. The number of carbonyl (C=O) groups is 2. The van der Waals surface area contributed by atoms with Crippen molar-refractivity contribution in [3.8, 4) is 0 Å². The molecule has 3 rings (SSSR count). The van der Waals surface area contributed by atoms with Crippen molar-refractivity contribution in [2.45, 2.75) is 0 Å². The van der Waals surface area contributed by atoms with Gasteiger partial charge in [-0.3, -0.25) is 14.7 Å². The van der Waals surface area contributed by atoms with Gasteiger partial charge >= 0.3 is 6.03 Å². The molecule has 2 aromatic rings. The third-order valence-corrected chi connectivity index (χ3v) is 3.21. The van der Waals surface area contributed by atoms with Crippen LogP contribution in [0.5, 0.6) is 0 Å². The van der Waals surface area contributed by atoms with Gasteiger partial charge in [0.15, 0.2) is 0 Å². The molecule has 21 heavy (non-hydrogen) atoms. The largest absolute Gasteiger partial charge is 0.336 e. The lowest BCUT2D eigenvalue weighted by Crippen LogP contribution is -2.27. The number of nitrogens with one attached hydrogen (secondary N) is 2. The molecule has 106 valence electrons. The van der Waals surface area contributed by atoms with E-state index in [9.17, 15) is 9.59 Å². The lowest BCUT2D eigenvalue weighted by Gasteiger charge is -2.15. The standard InChI is InChI=1S/C15H14N4O2/c20-14(11-4-6-16-7-5-11)18-12-2-1-3-13(10-12)19-9-8-17-15(19)21/h1-7,10H,8-9H2,(H,17,21)(H,18,20). The molecule has 0 radical (unpaired) electrons. The molecule has 1 aliphatic rings. The van der Waals surface area contributed by atoms with E-state index >= 15 is 0 Å². The number of amides is 3. The Labute approximate surface area is 121 Å². The van der Waals surface area contributed by atoms with Gasteiger partial charge in [0, 0.05) is 42.4 Å². The summed E-state index contributed by atoms with van der Waals surface area (Å²) in [6.45, 7) is 1.26. The van der Waals surface area contributed by atoms with E-state index in [0.717, 1.165) is 5.69 Å². The molecule has 0 aliphatic carbocycles. The zero-order chi connectivity index (χ0) is 14.7. The number of urea groups is 1. The van der Waals surface area contributed by atoms with Gasteiger partial charge in [0.2, 0.25) is 0 Å². The second-order valence-corrected chi connectivity index (χ2v) is 4.62. The van der Waals surface area contributed by atoms with Gasteiger partial charge in [0.05, 0.1) is 0 Å². The maximum Gasteiger partial charge on any atom is 0.321 e. The molecule has 6 heteroatoms. The molecule has 0 spiro atoms. The number of rotatable bonds is 3. The maximum absolute atomic E-state index is 12.1. The Morgan fingerprint density at radius 2 is 2.05 bits per heavy atom. The molecule has 2 heterocycles. The zero-order valence-electron chi connectivity index (χ0n) is 11.2. The predicted octanol–water partition coefficient (Wildman–Crippen LogP) is 1.86. The van der Waals surface area contributed by atoms with Gasteiger partial charge in [-0.25, -0.2) is 4.79 Å². The van der Waals surface area contributed by atoms with Crippen LogP contribution in [0.4, 0.5) is 16.2 Å². The lowest BCUT2D eigenvalue weighted by atomic mass is 10.2. The molecule has 3 amide bonds. The molecule has 1 aromatic heterocycles. The Morgan fingerprint density at radius 1 is 1.24 bits per heavy atom. The van der Waals surface area contributed by atoms with Crippen molar-refractivity contribution in [3.05, 3.63) is 54.4 Å². The van der Waals surface area contributed by atoms with Crippen molar-refractivity contribution < 1.29 is 9.59 Å². The van der Waals surface area contributed by atoms with Gasteiger partial charge in [0.25, 0.3) is 5.91 Å². The van der Waals surface area contributed by atoms with E-state index in [4.69, 9.17) is 0 Å². The fourth-order valence-corrected chi connectivity index (χ4v) is 2.18. The summed E-state index contributed by atoms with van der Waals surface area (Å²) in [5, 5.41) is 5.56. The molecule has 1 saturated heterocycles. The molecule has 0 saturated carbocycles. The van der Waals surface area contributed by atoms with Gasteiger partial charge in [-0.15, -0.1) is 0 Å². The van der Waals surface area contributed by atoms with Crippen LogP contribution in [-0.2, 0) is 0 Å². The summed E-state index contributed by atoms with van der Waals surface area (Å²) in [4.78, 5) is 29.2. The highest BCUT2D eigenvalue weighted by Gasteiger charge is 2.21. The first-order valence-corrected chi connectivity index (χ1v) is 6.61. The van der Waals surface area contributed by atoms with E-state index in [1.54, 1.807) is 41.6 Å². The highest BCUT2D eigenvalue weighted by Crippen LogP contribution is 2.21. The zero-order valence-corrected chi connectivity index (χ0v) is 11.2. The second kappa shape index (κ2) is 5.62. The van der Waals surface area contributed by atoms with E-state index < -0.39 is 0 Å². The van der Waals surface area contributed by atoms with Crippen molar-refractivity contribution in [2.75, 3.05) is 23.3 Å². The van der Waals surface area contributed by atoms with Crippen LogP contribution in [0, 0.1) is 0 Å². The van der Waals surface area contributed by atoms with Crippen LogP contribution in [0.1, 0.15) is 10.4 Å². The van der Waals surface area contributed by atoms with E-state index in [1.807, 2.05) is 12.1 Å². The average Bonchev–Trinajstić information content (AvgIpc) is 2.94. The van der Waals surface area contributed by atoms with Crippen molar-refractivity contribution in [1.29, 1.82) is 0 Å². The average molecular weight is 282 g/mol. The number of carbonyl (C=O) groups excluding carboxylic acids is 2. The summed E-state index contributed by atoms with van der Waals surface area (Å²) >= 11 is 0. The summed E-state index contributed by atoms with van der Waals surface area (Å²) in [5.74, 6) is -0.208. The molecule has 0 bridgehead atoms. The summed E-state index contributed by atoms with van der Waals surface area (Å²) in [5.41, 5.74) is 1.95. The molecular weight excluding hydrogens is 268 g/mol. The monoisotopic (exact) mass is 282 g/mol. The van der Waals surface area contributed by atoms with Gasteiger partial charge in [-0.2, -0.15) is 0 Å². The minimum Gasteiger partial charge on any atom is -0.336 e. The third-order valence-electron chi connectivity index (χ3n) is 3.21. The van der Waals surface area contributed by atoms with Gasteiger partial charge in [-0.1, -0.05) is 6.07 Å². The summed E-state index contributed by atoms with van der Waals surface area (Å²) in [6.07, 6.45) is 3.14. The summed E-state index contributed by atoms with van der Waals surface area (Å²) in [7, 11) is 0. The number of anilines is 2. The summed E-state index contributed by atoms with van der Waals surface area (Å²) in [6, 6.07) is 10.4. The van der Waals surface area contributed by atoms with E-state index in [0.29, 0.717) is 24.3 Å². The molecule has 1 aromatic carbocycles. The van der Waals surface area contributed by atoms with E-state index in [2.05, 4.69) is 15.6 Å². The number of nitrogens with zero attached hydrogens (tertiary/aromatic N) is 2. The van der Waals surface area contributed by atoms with Gasteiger partial charge in [-0.05, 0) is 30.3 Å². The number of benzene rings is 1. The Kier molecular flexibility index (Phi) is 3.51. The molecular formula is C15H14N4O2. The normalized spacial score (nSPS) is 13.9. The second-order valence-electron chi connectivity index (χ2n) is 4.62. The lowest BCUT2D eigenvalue weighted by molar-refractivity contribution is 0.102. The molecule has 0 unspecified atom stereocenters. The third kappa shape index (κ3) is 2.84. The van der Waals surface area contributed by atoms with Gasteiger partial charge in [0.1, 0.15) is 0 Å². The summed E-state index contributed by atoms with van der Waals surface area (Å²) < 4.78 is 0. The fraction of sp³-hybridized carbons (Fsp3) is 0.133. The molecule has 2 N–H and O–H groups in total. The van der Waals surface area contributed by atoms with E-state index in [-0.39, 0.29) is 11.9 Å². The first kappa shape index (κ1) is 13.1. The topological polar surface area (TPSA) is 74.3 Å². The number of pyridine rings is 1. The van der Waals surface area contributed by atoms with Crippen LogP contribution in [0.2, 0.25) is 0 Å². The van der Waals surface area contributed by atoms with Crippen LogP contribution >= 0.6 is 0 Å². The Bertz CT molecular complexity index is 672. The van der Waals surface area contributed by atoms with Crippen LogP contribution in [-0.4, -0.2) is 30.0 Å². The number of hydrogen-bond acceptors (Lipinski definition) is 3. The highest BCUT2D eigenvalue weighted by atomic mass is 16.2. The van der Waals surface area contributed by atoms with Crippen molar-refractivity contribution in [1.82, 2.24) is 10.3 Å². The van der Waals surface area contributed by atoms with Crippen molar-refractivity contribution >= 4 is 23.3 Å². The smallest absolute Gasteiger partial charge is 0.321 e. The highest BCUT2D eigenvalue weighted by molar-refractivity contribution is 6.04. The number of hydrogen-bond donors (Lipinski definition) is 2. The fourth-order valence-electron chi connectivity index (χ4n) is 2.18.